The molecule has 33 heavy (non-hydrogen) atoms. The van der Waals surface area contributed by atoms with Gasteiger partial charge in [0.15, 0.2) is 11.5 Å². The van der Waals surface area contributed by atoms with Crippen molar-refractivity contribution in [1.29, 1.82) is 5.26 Å². The number of imidazole rings is 1. The summed E-state index contributed by atoms with van der Waals surface area (Å²) in [5.41, 5.74) is 4.92. The van der Waals surface area contributed by atoms with E-state index in [-0.39, 0.29) is 11.9 Å². The maximum absolute atomic E-state index is 12.5. The molecule has 166 valence electrons. The van der Waals surface area contributed by atoms with Crippen LogP contribution in [0, 0.1) is 11.3 Å². The smallest absolute Gasteiger partial charge is 0.253 e. The van der Waals surface area contributed by atoms with E-state index in [1.54, 1.807) is 30.5 Å². The summed E-state index contributed by atoms with van der Waals surface area (Å²) in [6.07, 6.45) is 5.90. The third-order valence-electron chi connectivity index (χ3n) is 5.80. The minimum atomic E-state index is -0.145. The number of rotatable bonds is 7. The van der Waals surface area contributed by atoms with Crippen molar-refractivity contribution in [3.8, 4) is 17.3 Å². The van der Waals surface area contributed by atoms with Crippen LogP contribution < -0.4 is 10.6 Å². The van der Waals surface area contributed by atoms with Crippen LogP contribution in [0.5, 0.6) is 0 Å². The number of amides is 1. The zero-order chi connectivity index (χ0) is 22.9. The Morgan fingerprint density at radius 1 is 1.27 bits per heavy atom. The molecule has 2 N–H and O–H groups in total. The molecule has 2 aromatic heterocycles. The maximum Gasteiger partial charge on any atom is 0.253 e. The van der Waals surface area contributed by atoms with Crippen LogP contribution in [0.1, 0.15) is 48.5 Å². The summed E-state index contributed by atoms with van der Waals surface area (Å²) in [5, 5.41) is 16.1. The highest BCUT2D eigenvalue weighted by atomic mass is 35.5. The molecule has 0 unspecified atom stereocenters. The Kier molecular flexibility index (Phi) is 5.61. The van der Waals surface area contributed by atoms with Gasteiger partial charge in [-0.05, 0) is 49.6 Å². The number of carbonyl (C=O) groups excluding carboxylic acids is 1. The lowest BCUT2D eigenvalue weighted by atomic mass is 10.1. The zero-order valence-corrected chi connectivity index (χ0v) is 19.0. The van der Waals surface area contributed by atoms with Gasteiger partial charge in [-0.15, -0.1) is 0 Å². The van der Waals surface area contributed by atoms with Crippen molar-refractivity contribution in [1.82, 2.24) is 19.7 Å². The van der Waals surface area contributed by atoms with Gasteiger partial charge in [-0.2, -0.15) is 5.26 Å². The van der Waals surface area contributed by atoms with Gasteiger partial charge in [0.1, 0.15) is 0 Å². The van der Waals surface area contributed by atoms with E-state index in [1.807, 2.05) is 16.5 Å². The standard InChI is InChI=1S/C25H23ClN6O/c1-2-3-10-28-23-24-29-14-22(32(24)21-9-4-15(13-27)11-20(21)31-23)16-5-8-18(19(26)12-16)25(33)30-17-6-7-17/h4-5,8-9,11-12,14,17H,2-3,6-7,10H2,1H3,(H,28,31)(H,30,33). The molecule has 0 bridgehead atoms. The third kappa shape index (κ3) is 4.10. The van der Waals surface area contributed by atoms with E-state index in [9.17, 15) is 10.1 Å². The highest BCUT2D eigenvalue weighted by Crippen LogP contribution is 2.31. The molecule has 5 rings (SSSR count). The van der Waals surface area contributed by atoms with E-state index >= 15 is 0 Å². The van der Waals surface area contributed by atoms with Crippen molar-refractivity contribution in [2.24, 2.45) is 0 Å². The lowest BCUT2D eigenvalue weighted by molar-refractivity contribution is 0.0951. The maximum atomic E-state index is 12.5. The summed E-state index contributed by atoms with van der Waals surface area (Å²) < 4.78 is 2.02. The van der Waals surface area contributed by atoms with Gasteiger partial charge < -0.3 is 10.6 Å². The van der Waals surface area contributed by atoms with E-state index in [2.05, 4.69) is 28.6 Å². The Balaban J connectivity index is 1.63. The summed E-state index contributed by atoms with van der Waals surface area (Å²) in [6, 6.07) is 13.3. The van der Waals surface area contributed by atoms with Crippen molar-refractivity contribution in [3.63, 3.8) is 0 Å². The van der Waals surface area contributed by atoms with Crippen molar-refractivity contribution in [3.05, 3.63) is 58.7 Å². The lowest BCUT2D eigenvalue weighted by Gasteiger charge is -2.12. The molecule has 1 amide bonds. The first kappa shape index (κ1) is 21.2. The molecule has 1 fully saturated rings. The zero-order valence-electron chi connectivity index (χ0n) is 18.2. The number of nitrogens with one attached hydrogen (secondary N) is 2. The largest absolute Gasteiger partial charge is 0.367 e. The van der Waals surface area contributed by atoms with E-state index in [4.69, 9.17) is 16.6 Å². The predicted octanol–water partition coefficient (Wildman–Crippen LogP) is 5.18. The fourth-order valence-corrected chi connectivity index (χ4v) is 4.13. The summed E-state index contributed by atoms with van der Waals surface area (Å²) in [4.78, 5) is 21.9. The van der Waals surface area contributed by atoms with Crippen LogP contribution in [0.15, 0.2) is 42.6 Å². The quantitative estimate of drug-likeness (QED) is 0.372. The minimum Gasteiger partial charge on any atom is -0.367 e. The predicted molar refractivity (Wildman–Crippen MR) is 130 cm³/mol. The Bertz CT molecular complexity index is 1420. The minimum absolute atomic E-state index is 0.145. The van der Waals surface area contributed by atoms with Crippen molar-refractivity contribution in [2.75, 3.05) is 11.9 Å². The van der Waals surface area contributed by atoms with Gasteiger partial charge in [-0.3, -0.25) is 9.20 Å². The van der Waals surface area contributed by atoms with Crippen LogP contribution in [-0.4, -0.2) is 32.9 Å². The van der Waals surface area contributed by atoms with Crippen molar-refractivity contribution < 1.29 is 4.79 Å². The molecular formula is C25H23ClN6O. The van der Waals surface area contributed by atoms with Crippen LogP contribution in [0.4, 0.5) is 5.82 Å². The molecule has 7 nitrogen and oxygen atoms in total. The molecule has 1 saturated carbocycles. The van der Waals surface area contributed by atoms with Crippen LogP contribution in [0.2, 0.25) is 5.02 Å². The van der Waals surface area contributed by atoms with Crippen LogP contribution >= 0.6 is 11.6 Å². The molecule has 0 aliphatic heterocycles. The van der Waals surface area contributed by atoms with Crippen LogP contribution in [0.3, 0.4) is 0 Å². The second-order valence-corrected chi connectivity index (χ2v) is 8.71. The van der Waals surface area contributed by atoms with Gasteiger partial charge in [0, 0.05) is 18.2 Å². The first-order valence-corrected chi connectivity index (χ1v) is 11.5. The summed E-state index contributed by atoms with van der Waals surface area (Å²) >= 11 is 6.52. The summed E-state index contributed by atoms with van der Waals surface area (Å²) in [5.74, 6) is 0.525. The fourth-order valence-electron chi connectivity index (χ4n) is 3.86. The highest BCUT2D eigenvalue weighted by Gasteiger charge is 2.25. The van der Waals surface area contributed by atoms with Gasteiger partial charge in [0.2, 0.25) is 0 Å². The van der Waals surface area contributed by atoms with Crippen LogP contribution in [0.25, 0.3) is 27.9 Å². The first-order valence-electron chi connectivity index (χ1n) is 11.1. The van der Waals surface area contributed by atoms with E-state index in [0.717, 1.165) is 49.0 Å². The van der Waals surface area contributed by atoms with Gasteiger partial charge in [0.05, 0.1) is 45.1 Å². The molecule has 0 saturated heterocycles. The molecule has 1 aliphatic rings. The van der Waals surface area contributed by atoms with Gasteiger partial charge in [0.25, 0.3) is 5.91 Å². The second-order valence-electron chi connectivity index (χ2n) is 8.30. The number of anilines is 1. The fraction of sp³-hybridized carbons (Fsp3) is 0.280. The van der Waals surface area contributed by atoms with Crippen LogP contribution in [-0.2, 0) is 0 Å². The van der Waals surface area contributed by atoms with Crippen molar-refractivity contribution in [2.45, 2.75) is 38.6 Å². The number of nitriles is 1. The van der Waals surface area contributed by atoms with Crippen molar-refractivity contribution >= 4 is 40.0 Å². The average molecular weight is 459 g/mol. The van der Waals surface area contributed by atoms with E-state index in [0.29, 0.717) is 33.1 Å². The summed E-state index contributed by atoms with van der Waals surface area (Å²) in [7, 11) is 0. The number of hydrogen-bond donors (Lipinski definition) is 2. The molecule has 1 aliphatic carbocycles. The topological polar surface area (TPSA) is 95.1 Å². The molecule has 0 atom stereocenters. The van der Waals surface area contributed by atoms with E-state index < -0.39 is 0 Å². The molecular weight excluding hydrogens is 436 g/mol. The average Bonchev–Trinajstić information content (AvgIpc) is 3.52. The Hall–Kier alpha value is -3.63. The van der Waals surface area contributed by atoms with Gasteiger partial charge in [-0.1, -0.05) is 31.0 Å². The first-order chi connectivity index (χ1) is 16.1. The van der Waals surface area contributed by atoms with Gasteiger partial charge in [-0.25, -0.2) is 9.97 Å². The number of hydrogen-bond acceptors (Lipinski definition) is 5. The lowest BCUT2D eigenvalue weighted by Crippen LogP contribution is -2.25. The molecule has 8 heteroatoms. The number of halogens is 1. The number of fused-ring (bicyclic) bond motifs is 3. The third-order valence-corrected chi connectivity index (χ3v) is 6.11. The number of aromatic nitrogens is 3. The summed E-state index contributed by atoms with van der Waals surface area (Å²) in [6.45, 7) is 2.91. The Morgan fingerprint density at radius 2 is 2.12 bits per heavy atom. The SMILES string of the molecule is CCCCNc1nc2cc(C#N)ccc2n2c(-c3ccc(C(=O)NC4CC4)c(Cl)c3)cnc12. The molecule has 0 radical (unpaired) electrons. The second kappa shape index (κ2) is 8.72. The molecule has 0 spiro atoms. The Morgan fingerprint density at radius 3 is 2.85 bits per heavy atom. The molecule has 2 heterocycles. The number of carbonyl (C=O) groups is 1. The van der Waals surface area contributed by atoms with Gasteiger partial charge >= 0.3 is 0 Å². The normalized spacial score (nSPS) is 13.2. The Labute approximate surface area is 196 Å². The highest BCUT2D eigenvalue weighted by molar-refractivity contribution is 6.34. The van der Waals surface area contributed by atoms with E-state index in [1.165, 1.54) is 0 Å². The number of benzene rings is 2. The number of unbranched alkanes of at least 4 members (excludes halogenated alkanes) is 1. The molecule has 4 aromatic rings. The molecule has 2 aromatic carbocycles. The number of nitrogens with zero attached hydrogens (tertiary/aromatic N) is 4. The monoisotopic (exact) mass is 458 g/mol.